The number of nitrogens with two attached hydrogens (primary N) is 1. The highest BCUT2D eigenvalue weighted by Crippen LogP contribution is 2.26. The van der Waals surface area contributed by atoms with Crippen LogP contribution < -0.4 is 5.73 Å². The van der Waals surface area contributed by atoms with Crippen molar-refractivity contribution in [3.8, 4) is 0 Å². The number of benzene rings is 1. The summed E-state index contributed by atoms with van der Waals surface area (Å²) in [5.41, 5.74) is 6.85. The summed E-state index contributed by atoms with van der Waals surface area (Å²) in [6.07, 6.45) is 0. The van der Waals surface area contributed by atoms with Gasteiger partial charge in [0.25, 0.3) is 5.69 Å². The summed E-state index contributed by atoms with van der Waals surface area (Å²) in [6, 6.07) is 6.98. The van der Waals surface area contributed by atoms with Gasteiger partial charge in [-0.15, -0.1) is 11.3 Å². The topological polar surface area (TPSA) is 72.4 Å². The summed E-state index contributed by atoms with van der Waals surface area (Å²) in [7, 11) is 1.96. The molecule has 0 amide bonds. The van der Waals surface area contributed by atoms with Crippen molar-refractivity contribution in [2.24, 2.45) is 0 Å². The third-order valence-corrected chi connectivity index (χ3v) is 4.54. The summed E-state index contributed by atoms with van der Waals surface area (Å²) < 4.78 is 1.07. The summed E-state index contributed by atoms with van der Waals surface area (Å²) >= 11 is 5.10. The van der Waals surface area contributed by atoms with Gasteiger partial charge in [0.1, 0.15) is 5.69 Å². The molecule has 0 unspecified atom stereocenters. The number of halogens is 1. The van der Waals surface area contributed by atoms with E-state index in [1.54, 1.807) is 17.4 Å². The lowest BCUT2D eigenvalue weighted by Gasteiger charge is -2.16. The minimum atomic E-state index is -0.449. The molecule has 0 atom stereocenters. The average Bonchev–Trinajstić information content (AvgIpc) is 2.77. The van der Waals surface area contributed by atoms with Gasteiger partial charge >= 0.3 is 0 Å². The molecule has 0 aliphatic heterocycles. The van der Waals surface area contributed by atoms with Gasteiger partial charge in [-0.3, -0.25) is 15.0 Å². The molecule has 0 radical (unpaired) electrons. The number of nitro benzene ring substituents is 1. The molecule has 0 saturated carbocycles. The SMILES string of the molecule is CN(Cc1cc(Br)cs1)Cc1cccc([N+](=O)[O-])c1N. The summed E-state index contributed by atoms with van der Waals surface area (Å²) in [5, 5.41) is 12.9. The molecule has 1 aromatic carbocycles. The predicted octanol–water partition coefficient (Wildman–Crippen LogP) is 3.63. The van der Waals surface area contributed by atoms with E-state index in [9.17, 15) is 10.1 Å². The van der Waals surface area contributed by atoms with Crippen LogP contribution in [0, 0.1) is 10.1 Å². The van der Waals surface area contributed by atoms with E-state index in [1.165, 1.54) is 10.9 Å². The van der Waals surface area contributed by atoms with Crippen molar-refractivity contribution < 1.29 is 4.92 Å². The first-order chi connectivity index (χ1) is 9.47. The lowest BCUT2D eigenvalue weighted by Crippen LogP contribution is -2.17. The molecule has 7 heteroatoms. The molecule has 0 fully saturated rings. The zero-order valence-corrected chi connectivity index (χ0v) is 13.3. The van der Waals surface area contributed by atoms with Crippen LogP contribution in [0.4, 0.5) is 11.4 Å². The van der Waals surface area contributed by atoms with Crippen molar-refractivity contribution in [1.82, 2.24) is 4.90 Å². The first-order valence-electron chi connectivity index (χ1n) is 5.90. The number of rotatable bonds is 5. The lowest BCUT2D eigenvalue weighted by molar-refractivity contribution is -0.384. The van der Waals surface area contributed by atoms with Crippen LogP contribution in [0.2, 0.25) is 0 Å². The molecule has 2 aromatic rings. The molecule has 0 aliphatic rings. The molecule has 20 heavy (non-hydrogen) atoms. The number of hydrogen-bond acceptors (Lipinski definition) is 5. The molecule has 1 aromatic heterocycles. The molecule has 0 spiro atoms. The van der Waals surface area contributed by atoms with Gasteiger partial charge in [0, 0.05) is 33.9 Å². The Hall–Kier alpha value is -1.44. The van der Waals surface area contributed by atoms with E-state index in [0.29, 0.717) is 6.54 Å². The molecular weight excluding hydrogens is 342 g/mol. The predicted molar refractivity (Wildman–Crippen MR) is 84.7 cm³/mol. The number of nitrogens with zero attached hydrogens (tertiary/aromatic N) is 2. The van der Waals surface area contributed by atoms with Gasteiger partial charge in [-0.25, -0.2) is 0 Å². The van der Waals surface area contributed by atoms with Gasteiger partial charge in [-0.2, -0.15) is 0 Å². The van der Waals surface area contributed by atoms with E-state index in [4.69, 9.17) is 5.73 Å². The monoisotopic (exact) mass is 355 g/mol. The van der Waals surface area contributed by atoms with Crippen LogP contribution in [0.5, 0.6) is 0 Å². The fourth-order valence-electron chi connectivity index (χ4n) is 1.95. The highest BCUT2D eigenvalue weighted by atomic mass is 79.9. The van der Waals surface area contributed by atoms with Crippen molar-refractivity contribution in [3.05, 3.63) is 54.7 Å². The quantitative estimate of drug-likeness (QED) is 0.504. The minimum absolute atomic E-state index is 0.0326. The van der Waals surface area contributed by atoms with Crippen LogP contribution >= 0.6 is 27.3 Å². The molecule has 5 nitrogen and oxygen atoms in total. The Morgan fingerprint density at radius 3 is 2.80 bits per heavy atom. The Morgan fingerprint density at radius 1 is 1.45 bits per heavy atom. The fourth-order valence-corrected chi connectivity index (χ4v) is 3.48. The van der Waals surface area contributed by atoms with E-state index >= 15 is 0 Å². The van der Waals surface area contributed by atoms with Gasteiger partial charge < -0.3 is 5.73 Å². The number of nitrogen functional groups attached to an aromatic ring is 1. The van der Waals surface area contributed by atoms with Crippen molar-refractivity contribution in [2.45, 2.75) is 13.1 Å². The van der Waals surface area contributed by atoms with Gasteiger partial charge in [0.2, 0.25) is 0 Å². The van der Waals surface area contributed by atoms with E-state index in [0.717, 1.165) is 16.6 Å². The van der Waals surface area contributed by atoms with E-state index in [2.05, 4.69) is 26.9 Å². The first kappa shape index (κ1) is 15.0. The van der Waals surface area contributed by atoms with E-state index in [1.807, 2.05) is 18.5 Å². The van der Waals surface area contributed by atoms with Crippen LogP contribution in [-0.4, -0.2) is 16.9 Å². The molecule has 2 rings (SSSR count). The largest absolute Gasteiger partial charge is 0.393 e. The van der Waals surface area contributed by atoms with Crippen LogP contribution in [0.15, 0.2) is 34.1 Å². The zero-order chi connectivity index (χ0) is 14.7. The van der Waals surface area contributed by atoms with Gasteiger partial charge in [-0.1, -0.05) is 12.1 Å². The maximum atomic E-state index is 10.9. The molecule has 0 saturated heterocycles. The number of hydrogen-bond donors (Lipinski definition) is 1. The molecular formula is C13H14BrN3O2S. The van der Waals surface area contributed by atoms with Crippen molar-refractivity contribution in [1.29, 1.82) is 0 Å². The molecule has 0 aliphatic carbocycles. The van der Waals surface area contributed by atoms with Gasteiger partial charge in [0.15, 0.2) is 0 Å². The summed E-state index contributed by atoms with van der Waals surface area (Å²) in [5.74, 6) is 0. The van der Waals surface area contributed by atoms with Crippen molar-refractivity contribution >= 4 is 38.6 Å². The van der Waals surface area contributed by atoms with Crippen LogP contribution in [0.3, 0.4) is 0 Å². The maximum absolute atomic E-state index is 10.9. The summed E-state index contributed by atoms with van der Waals surface area (Å²) in [6.45, 7) is 1.35. The Bertz CT molecular complexity index is 630. The van der Waals surface area contributed by atoms with Crippen LogP contribution in [-0.2, 0) is 13.1 Å². The highest BCUT2D eigenvalue weighted by Gasteiger charge is 2.15. The average molecular weight is 356 g/mol. The Morgan fingerprint density at radius 2 is 2.20 bits per heavy atom. The van der Waals surface area contributed by atoms with Crippen molar-refractivity contribution in [3.63, 3.8) is 0 Å². The van der Waals surface area contributed by atoms with Crippen molar-refractivity contribution in [2.75, 3.05) is 12.8 Å². The van der Waals surface area contributed by atoms with Gasteiger partial charge in [0.05, 0.1) is 4.92 Å². The zero-order valence-electron chi connectivity index (χ0n) is 10.9. The Labute approximate surface area is 129 Å². The number of nitro groups is 1. The summed E-state index contributed by atoms with van der Waals surface area (Å²) in [4.78, 5) is 13.7. The van der Waals surface area contributed by atoms with Crippen LogP contribution in [0.1, 0.15) is 10.4 Å². The minimum Gasteiger partial charge on any atom is -0.393 e. The molecule has 0 bridgehead atoms. The second-order valence-corrected chi connectivity index (χ2v) is 6.42. The second kappa shape index (κ2) is 6.34. The first-order valence-corrected chi connectivity index (χ1v) is 7.58. The smallest absolute Gasteiger partial charge is 0.292 e. The van der Waals surface area contributed by atoms with E-state index in [-0.39, 0.29) is 11.4 Å². The van der Waals surface area contributed by atoms with E-state index < -0.39 is 4.92 Å². The number of anilines is 1. The Balaban J connectivity index is 2.09. The normalized spacial score (nSPS) is 10.9. The Kier molecular flexibility index (Phi) is 4.74. The molecule has 1 heterocycles. The van der Waals surface area contributed by atoms with Gasteiger partial charge in [-0.05, 0) is 34.6 Å². The standard InChI is InChI=1S/C13H14BrN3O2S/c1-16(7-11-5-10(14)8-20-11)6-9-3-2-4-12(13(9)15)17(18)19/h2-5,8H,6-7,15H2,1H3. The highest BCUT2D eigenvalue weighted by molar-refractivity contribution is 9.10. The molecule has 106 valence electrons. The fraction of sp³-hybridized carbons (Fsp3) is 0.231. The number of para-hydroxylation sites is 1. The van der Waals surface area contributed by atoms with Crippen LogP contribution in [0.25, 0.3) is 0 Å². The number of thiophene rings is 1. The lowest BCUT2D eigenvalue weighted by atomic mass is 10.1. The molecule has 2 N–H and O–H groups in total. The third kappa shape index (κ3) is 3.56. The maximum Gasteiger partial charge on any atom is 0.292 e. The second-order valence-electron chi connectivity index (χ2n) is 4.51. The third-order valence-electron chi connectivity index (χ3n) is 2.86.